The molecule has 0 aromatic rings. The van der Waals surface area contributed by atoms with Gasteiger partial charge in [0, 0.05) is 32.7 Å². The molecule has 0 aromatic heterocycles. The van der Waals surface area contributed by atoms with Gasteiger partial charge < -0.3 is 16.0 Å². The molecule has 2 aliphatic heterocycles. The fourth-order valence-corrected chi connectivity index (χ4v) is 2.95. The number of imide groups is 1. The van der Waals surface area contributed by atoms with Crippen molar-refractivity contribution in [1.82, 2.24) is 25.8 Å². The molecule has 0 spiro atoms. The van der Waals surface area contributed by atoms with Crippen LogP contribution in [-0.2, 0) is 4.79 Å². The fraction of sp³-hybridized carbons (Fsp3) is 0.786. The number of carbonyl (C=O) groups is 2. The van der Waals surface area contributed by atoms with Crippen LogP contribution in [0.25, 0.3) is 0 Å². The van der Waals surface area contributed by atoms with E-state index in [1.54, 1.807) is 7.05 Å². The molecule has 0 radical (unpaired) electrons. The highest BCUT2D eigenvalue weighted by atomic mass is 127. The minimum atomic E-state index is -0.320. The van der Waals surface area contributed by atoms with E-state index in [-0.39, 0.29) is 42.5 Å². The van der Waals surface area contributed by atoms with Crippen LogP contribution in [0, 0.1) is 0 Å². The summed E-state index contributed by atoms with van der Waals surface area (Å²) in [5.41, 5.74) is 0. The number of hydrogen-bond donors (Lipinski definition) is 3. The number of nitrogens with one attached hydrogen (secondary N) is 3. The summed E-state index contributed by atoms with van der Waals surface area (Å²) in [5, 5.41) is 8.96. The van der Waals surface area contributed by atoms with E-state index in [0.29, 0.717) is 25.1 Å². The Bertz CT molecular complexity index is 429. The van der Waals surface area contributed by atoms with Crippen LogP contribution < -0.4 is 16.0 Å². The summed E-state index contributed by atoms with van der Waals surface area (Å²) in [5.74, 6) is 0.522. The van der Waals surface area contributed by atoms with E-state index in [1.165, 1.54) is 24.3 Å². The molecule has 2 rings (SSSR count). The maximum absolute atomic E-state index is 11.5. The van der Waals surface area contributed by atoms with Crippen LogP contribution in [0.15, 0.2) is 4.99 Å². The third-order valence-electron chi connectivity index (χ3n) is 4.20. The Morgan fingerprint density at radius 1 is 1.39 bits per heavy atom. The summed E-state index contributed by atoms with van der Waals surface area (Å²) >= 11 is 0. The number of likely N-dealkylation sites (tertiary alicyclic amines) is 1. The van der Waals surface area contributed by atoms with Crippen molar-refractivity contribution in [1.29, 1.82) is 0 Å². The second-order valence-corrected chi connectivity index (χ2v) is 5.51. The highest BCUT2D eigenvalue weighted by Gasteiger charge is 2.27. The van der Waals surface area contributed by atoms with E-state index in [2.05, 4.69) is 32.8 Å². The topological polar surface area (TPSA) is 89.1 Å². The minimum absolute atomic E-state index is 0. The van der Waals surface area contributed by atoms with Crippen molar-refractivity contribution in [3.63, 3.8) is 0 Å². The monoisotopic (exact) mass is 438 g/mol. The molecule has 23 heavy (non-hydrogen) atoms. The van der Waals surface area contributed by atoms with Crippen LogP contribution in [0.2, 0.25) is 0 Å². The molecule has 3 amide bonds. The zero-order chi connectivity index (χ0) is 15.9. The van der Waals surface area contributed by atoms with Gasteiger partial charge in [0.1, 0.15) is 0 Å². The second kappa shape index (κ2) is 9.91. The third-order valence-corrected chi connectivity index (χ3v) is 4.20. The number of hydrogen-bond acceptors (Lipinski definition) is 4. The molecular weight excluding hydrogens is 411 g/mol. The predicted molar refractivity (Wildman–Crippen MR) is 100 cm³/mol. The first kappa shape index (κ1) is 19.9. The number of halogens is 1. The Balaban J connectivity index is 0.00000264. The SMILES string of the molecule is CCN1CCCC1CNC(=NC)NCCN1C(=O)CNC1=O.I. The van der Waals surface area contributed by atoms with Crippen molar-refractivity contribution >= 4 is 41.9 Å². The number of nitrogens with zero attached hydrogens (tertiary/aromatic N) is 3. The van der Waals surface area contributed by atoms with Crippen LogP contribution in [0.5, 0.6) is 0 Å². The molecule has 8 nitrogen and oxygen atoms in total. The van der Waals surface area contributed by atoms with Gasteiger partial charge in [0.25, 0.3) is 0 Å². The number of carbonyl (C=O) groups excluding carboxylic acids is 2. The molecule has 9 heteroatoms. The van der Waals surface area contributed by atoms with Crippen LogP contribution in [0.1, 0.15) is 19.8 Å². The third kappa shape index (κ3) is 5.48. The number of guanidine groups is 1. The van der Waals surface area contributed by atoms with Gasteiger partial charge in [0.05, 0.1) is 6.54 Å². The van der Waals surface area contributed by atoms with Gasteiger partial charge in [-0.3, -0.25) is 19.6 Å². The van der Waals surface area contributed by atoms with Crippen molar-refractivity contribution in [3.8, 4) is 0 Å². The number of urea groups is 1. The molecule has 0 aliphatic carbocycles. The fourth-order valence-electron chi connectivity index (χ4n) is 2.95. The lowest BCUT2D eigenvalue weighted by Crippen LogP contribution is -2.47. The molecule has 2 saturated heterocycles. The molecule has 1 atom stereocenters. The number of aliphatic imine (C=N–C) groups is 1. The highest BCUT2D eigenvalue weighted by Crippen LogP contribution is 2.15. The van der Waals surface area contributed by atoms with Gasteiger partial charge in [-0.25, -0.2) is 4.79 Å². The highest BCUT2D eigenvalue weighted by molar-refractivity contribution is 14.0. The van der Waals surface area contributed by atoms with Gasteiger partial charge in [-0.1, -0.05) is 6.92 Å². The first-order valence-electron chi connectivity index (χ1n) is 7.92. The maximum Gasteiger partial charge on any atom is 0.324 e. The van der Waals surface area contributed by atoms with E-state index in [4.69, 9.17) is 0 Å². The summed E-state index contributed by atoms with van der Waals surface area (Å²) in [6.45, 7) is 6.21. The van der Waals surface area contributed by atoms with E-state index < -0.39 is 0 Å². The quantitative estimate of drug-likeness (QED) is 0.232. The van der Waals surface area contributed by atoms with Crippen LogP contribution >= 0.6 is 24.0 Å². The lowest BCUT2D eigenvalue weighted by molar-refractivity contribution is -0.124. The largest absolute Gasteiger partial charge is 0.355 e. The molecule has 2 heterocycles. The summed E-state index contributed by atoms with van der Waals surface area (Å²) < 4.78 is 0. The number of likely N-dealkylation sites (N-methyl/N-ethyl adjacent to an activating group) is 1. The summed E-state index contributed by atoms with van der Waals surface area (Å²) in [4.78, 5) is 30.7. The van der Waals surface area contributed by atoms with E-state index in [9.17, 15) is 9.59 Å². The van der Waals surface area contributed by atoms with Gasteiger partial charge in [0.2, 0.25) is 5.91 Å². The first-order valence-corrected chi connectivity index (χ1v) is 7.92. The van der Waals surface area contributed by atoms with Crippen molar-refractivity contribution < 1.29 is 9.59 Å². The average molecular weight is 438 g/mol. The van der Waals surface area contributed by atoms with Gasteiger partial charge >= 0.3 is 6.03 Å². The molecule has 0 aromatic carbocycles. The number of amides is 3. The van der Waals surface area contributed by atoms with Gasteiger partial charge in [-0.2, -0.15) is 0 Å². The smallest absolute Gasteiger partial charge is 0.324 e. The van der Waals surface area contributed by atoms with Crippen molar-refractivity contribution in [2.75, 3.05) is 46.3 Å². The van der Waals surface area contributed by atoms with Gasteiger partial charge in [-0.05, 0) is 25.9 Å². The maximum atomic E-state index is 11.5. The standard InChI is InChI=1S/C14H26N6O2.HI/c1-3-19-7-4-5-11(19)9-17-13(15-2)16-6-8-20-12(21)10-18-14(20)22;/h11H,3-10H2,1-2H3,(H,18,22)(H2,15,16,17);1H. The average Bonchev–Trinajstić information content (AvgIpc) is 3.10. The zero-order valence-electron chi connectivity index (χ0n) is 13.8. The Labute approximate surface area is 154 Å². The summed E-state index contributed by atoms with van der Waals surface area (Å²) in [6, 6.07) is 0.230. The van der Waals surface area contributed by atoms with Crippen molar-refractivity contribution in [3.05, 3.63) is 0 Å². The second-order valence-electron chi connectivity index (χ2n) is 5.51. The zero-order valence-corrected chi connectivity index (χ0v) is 16.1. The molecule has 3 N–H and O–H groups in total. The molecule has 132 valence electrons. The minimum Gasteiger partial charge on any atom is -0.355 e. The lowest BCUT2D eigenvalue weighted by Gasteiger charge is -2.24. The molecule has 0 saturated carbocycles. The number of rotatable bonds is 6. The molecule has 2 fully saturated rings. The Morgan fingerprint density at radius 2 is 2.17 bits per heavy atom. The van der Waals surface area contributed by atoms with Crippen LogP contribution in [-0.4, -0.2) is 80.1 Å². The molecule has 1 unspecified atom stereocenters. The van der Waals surface area contributed by atoms with Gasteiger partial charge in [0.15, 0.2) is 5.96 Å². The van der Waals surface area contributed by atoms with Gasteiger partial charge in [-0.15, -0.1) is 24.0 Å². The molecular formula is C14H27IN6O2. The van der Waals surface area contributed by atoms with Crippen LogP contribution in [0.4, 0.5) is 4.79 Å². The van der Waals surface area contributed by atoms with Crippen molar-refractivity contribution in [2.24, 2.45) is 4.99 Å². The van der Waals surface area contributed by atoms with E-state index in [1.807, 2.05) is 0 Å². The Morgan fingerprint density at radius 3 is 2.78 bits per heavy atom. The van der Waals surface area contributed by atoms with E-state index in [0.717, 1.165) is 13.1 Å². The molecule has 2 aliphatic rings. The molecule has 0 bridgehead atoms. The Hall–Kier alpha value is -1.10. The predicted octanol–water partition coefficient (Wildman–Crippen LogP) is -0.194. The Kier molecular flexibility index (Phi) is 8.59. The van der Waals surface area contributed by atoms with Crippen LogP contribution in [0.3, 0.4) is 0 Å². The summed E-state index contributed by atoms with van der Waals surface area (Å²) in [6.07, 6.45) is 2.46. The summed E-state index contributed by atoms with van der Waals surface area (Å²) in [7, 11) is 1.72. The van der Waals surface area contributed by atoms with Crippen molar-refractivity contribution in [2.45, 2.75) is 25.8 Å². The normalized spacial score (nSPS) is 22.1. The lowest BCUT2D eigenvalue weighted by atomic mass is 10.2. The van der Waals surface area contributed by atoms with E-state index >= 15 is 0 Å². The first-order chi connectivity index (χ1) is 10.7.